The second kappa shape index (κ2) is 10.3. The first-order chi connectivity index (χ1) is 13.8. The van der Waals surface area contributed by atoms with E-state index in [0.29, 0.717) is 6.61 Å². The summed E-state index contributed by atoms with van der Waals surface area (Å²) in [5.41, 5.74) is 4.44. The number of carboxylic acid groups (broad SMARTS) is 1. The van der Waals surface area contributed by atoms with Crippen molar-refractivity contribution in [2.75, 3.05) is 20.2 Å². The van der Waals surface area contributed by atoms with Gasteiger partial charge in [0.15, 0.2) is 0 Å². The van der Waals surface area contributed by atoms with Crippen LogP contribution >= 0.6 is 0 Å². The van der Waals surface area contributed by atoms with E-state index in [0.717, 1.165) is 34.7 Å². The maximum absolute atomic E-state index is 10.6. The van der Waals surface area contributed by atoms with Gasteiger partial charge in [0.25, 0.3) is 0 Å². The van der Waals surface area contributed by atoms with Crippen molar-refractivity contribution in [1.82, 2.24) is 15.5 Å². The number of hydrogen-bond donors (Lipinski definition) is 3. The van der Waals surface area contributed by atoms with Crippen molar-refractivity contribution in [3.8, 4) is 28.1 Å². The number of carbonyl (C=O) groups is 1. The van der Waals surface area contributed by atoms with Crippen LogP contribution in [0.5, 0.6) is 5.75 Å². The maximum atomic E-state index is 10.6. The zero-order chi connectivity index (χ0) is 21.3. The molecular weight excluding hydrogens is 387 g/mol. The van der Waals surface area contributed by atoms with Gasteiger partial charge in [0, 0.05) is 18.3 Å². The Bertz CT molecular complexity index is 913. The van der Waals surface area contributed by atoms with Crippen molar-refractivity contribution < 1.29 is 27.8 Å². The summed E-state index contributed by atoms with van der Waals surface area (Å²) in [6, 6.07) is 18.5. The van der Waals surface area contributed by atoms with Gasteiger partial charge in [-0.1, -0.05) is 30.3 Å². The first kappa shape index (κ1) is 22.0. The number of likely N-dealkylation sites (N-methyl/N-ethyl adjacent to an activating group) is 1. The Labute approximate surface area is 165 Å². The Morgan fingerprint density at radius 2 is 1.72 bits per heavy atom. The highest BCUT2D eigenvalue weighted by atomic mass is 19.4. The van der Waals surface area contributed by atoms with E-state index in [1.807, 2.05) is 25.2 Å². The molecule has 1 heterocycles. The zero-order valence-corrected chi connectivity index (χ0v) is 15.5. The Morgan fingerprint density at radius 1 is 1.10 bits per heavy atom. The van der Waals surface area contributed by atoms with Crippen molar-refractivity contribution in [1.29, 1.82) is 0 Å². The number of nitrogens with zero attached hydrogens (tertiary/aromatic N) is 1. The van der Waals surface area contributed by atoms with Gasteiger partial charge >= 0.3 is 12.1 Å². The van der Waals surface area contributed by atoms with Gasteiger partial charge in [-0.15, -0.1) is 0 Å². The SMILES string of the molecule is CNCCOc1cccc(-c2cccc(-c3ccn[nH]3)c2)c1.O=C(O)C(F)(F)F. The number of ether oxygens (including phenoxy) is 1. The van der Waals surface area contributed by atoms with Crippen LogP contribution in [0.3, 0.4) is 0 Å². The predicted molar refractivity (Wildman–Crippen MR) is 103 cm³/mol. The molecule has 154 valence electrons. The van der Waals surface area contributed by atoms with E-state index in [2.05, 4.69) is 51.9 Å². The fraction of sp³-hybridized carbons (Fsp3) is 0.200. The minimum atomic E-state index is -5.08. The average molecular weight is 407 g/mol. The lowest BCUT2D eigenvalue weighted by Gasteiger charge is -2.09. The molecule has 0 aliphatic heterocycles. The number of rotatable bonds is 6. The molecule has 0 saturated carbocycles. The highest BCUT2D eigenvalue weighted by molar-refractivity contribution is 5.73. The third kappa shape index (κ3) is 6.96. The van der Waals surface area contributed by atoms with E-state index < -0.39 is 12.1 Å². The van der Waals surface area contributed by atoms with Gasteiger partial charge in [-0.25, -0.2) is 4.79 Å². The number of nitrogens with one attached hydrogen (secondary N) is 2. The van der Waals surface area contributed by atoms with Crippen molar-refractivity contribution in [3.05, 3.63) is 60.8 Å². The lowest BCUT2D eigenvalue weighted by atomic mass is 10.0. The Hall–Kier alpha value is -3.33. The van der Waals surface area contributed by atoms with Crippen LogP contribution in [0.2, 0.25) is 0 Å². The summed E-state index contributed by atoms with van der Waals surface area (Å²) < 4.78 is 37.5. The van der Waals surface area contributed by atoms with Gasteiger partial charge in [0.05, 0.1) is 5.69 Å². The summed E-state index contributed by atoms with van der Waals surface area (Å²) >= 11 is 0. The molecule has 0 bridgehead atoms. The topological polar surface area (TPSA) is 87.2 Å². The summed E-state index contributed by atoms with van der Waals surface area (Å²) in [6.45, 7) is 1.49. The number of aliphatic carboxylic acids is 1. The molecule has 0 fully saturated rings. The van der Waals surface area contributed by atoms with Crippen LogP contribution < -0.4 is 10.1 Å². The predicted octanol–water partition coefficient (Wildman–Crippen LogP) is 3.98. The average Bonchev–Trinajstić information content (AvgIpc) is 3.23. The summed E-state index contributed by atoms with van der Waals surface area (Å²) in [5.74, 6) is -1.87. The van der Waals surface area contributed by atoms with Crippen LogP contribution in [-0.2, 0) is 4.79 Å². The molecule has 29 heavy (non-hydrogen) atoms. The van der Waals surface area contributed by atoms with Crippen molar-refractivity contribution in [2.24, 2.45) is 0 Å². The fourth-order valence-electron chi connectivity index (χ4n) is 2.32. The van der Waals surface area contributed by atoms with Crippen LogP contribution in [-0.4, -0.2) is 47.6 Å². The molecule has 0 aliphatic carbocycles. The van der Waals surface area contributed by atoms with Gasteiger partial charge in [-0.05, 0) is 42.4 Å². The fourth-order valence-corrected chi connectivity index (χ4v) is 2.32. The molecule has 2 aromatic carbocycles. The number of carboxylic acids is 1. The first-order valence-electron chi connectivity index (χ1n) is 8.59. The molecule has 9 heteroatoms. The highest BCUT2D eigenvalue weighted by Crippen LogP contribution is 2.27. The molecule has 0 atom stereocenters. The summed E-state index contributed by atoms with van der Waals surface area (Å²) in [5, 5.41) is 17.2. The molecule has 0 amide bonds. The summed E-state index contributed by atoms with van der Waals surface area (Å²) in [6.07, 6.45) is -3.32. The number of aromatic amines is 1. The summed E-state index contributed by atoms with van der Waals surface area (Å²) in [4.78, 5) is 8.90. The molecular formula is C20H20F3N3O3. The number of aromatic nitrogens is 2. The molecule has 0 spiro atoms. The Morgan fingerprint density at radius 3 is 2.31 bits per heavy atom. The van der Waals surface area contributed by atoms with Gasteiger partial charge < -0.3 is 15.2 Å². The minimum Gasteiger partial charge on any atom is -0.492 e. The number of hydrogen-bond acceptors (Lipinski definition) is 4. The maximum Gasteiger partial charge on any atom is 0.490 e. The molecule has 3 N–H and O–H groups in total. The molecule has 3 aromatic rings. The van der Waals surface area contributed by atoms with Gasteiger partial charge in [-0.3, -0.25) is 5.10 Å². The Kier molecular flexibility index (Phi) is 7.79. The number of halogens is 3. The second-order valence-corrected chi connectivity index (χ2v) is 5.83. The van der Waals surface area contributed by atoms with Crippen molar-refractivity contribution >= 4 is 5.97 Å². The molecule has 0 saturated heterocycles. The largest absolute Gasteiger partial charge is 0.492 e. The van der Waals surface area contributed by atoms with Gasteiger partial charge in [0.1, 0.15) is 12.4 Å². The van der Waals surface area contributed by atoms with E-state index in [1.165, 1.54) is 0 Å². The third-order valence-corrected chi connectivity index (χ3v) is 3.70. The molecule has 1 aromatic heterocycles. The quantitative estimate of drug-likeness (QED) is 0.538. The standard InChI is InChI=1S/C18H19N3O.C2HF3O2/c1-19-10-11-22-17-7-3-5-15(13-17)14-4-2-6-16(12-14)18-8-9-20-21-18;3-2(4,5)1(6)7/h2-9,12-13,19H,10-11H2,1H3,(H,20,21);(H,6,7). The lowest BCUT2D eigenvalue weighted by molar-refractivity contribution is -0.192. The van der Waals surface area contributed by atoms with Crippen LogP contribution in [0, 0.1) is 0 Å². The lowest BCUT2D eigenvalue weighted by Crippen LogP contribution is -2.21. The molecule has 0 unspecified atom stereocenters. The summed E-state index contributed by atoms with van der Waals surface area (Å²) in [7, 11) is 1.92. The second-order valence-electron chi connectivity index (χ2n) is 5.83. The highest BCUT2D eigenvalue weighted by Gasteiger charge is 2.38. The number of alkyl halides is 3. The molecule has 0 aliphatic rings. The van der Waals surface area contributed by atoms with Crippen LogP contribution in [0.15, 0.2) is 60.8 Å². The van der Waals surface area contributed by atoms with Gasteiger partial charge in [0.2, 0.25) is 0 Å². The monoisotopic (exact) mass is 407 g/mol. The van der Waals surface area contributed by atoms with Gasteiger partial charge in [-0.2, -0.15) is 18.3 Å². The minimum absolute atomic E-state index is 0.661. The van der Waals surface area contributed by atoms with E-state index in [9.17, 15) is 13.2 Å². The van der Waals surface area contributed by atoms with Crippen LogP contribution in [0.1, 0.15) is 0 Å². The van der Waals surface area contributed by atoms with E-state index in [4.69, 9.17) is 14.6 Å². The number of H-pyrrole nitrogens is 1. The van der Waals surface area contributed by atoms with Crippen LogP contribution in [0.25, 0.3) is 22.4 Å². The van der Waals surface area contributed by atoms with E-state index in [1.54, 1.807) is 6.20 Å². The Balaban J connectivity index is 0.000000370. The zero-order valence-electron chi connectivity index (χ0n) is 15.5. The van der Waals surface area contributed by atoms with E-state index in [-0.39, 0.29) is 0 Å². The van der Waals surface area contributed by atoms with E-state index >= 15 is 0 Å². The van der Waals surface area contributed by atoms with Crippen LogP contribution in [0.4, 0.5) is 13.2 Å². The van der Waals surface area contributed by atoms with Crippen molar-refractivity contribution in [3.63, 3.8) is 0 Å². The molecule has 3 rings (SSSR count). The first-order valence-corrected chi connectivity index (χ1v) is 8.59. The third-order valence-electron chi connectivity index (χ3n) is 3.70. The van der Waals surface area contributed by atoms with Crippen molar-refractivity contribution in [2.45, 2.75) is 6.18 Å². The normalized spacial score (nSPS) is 10.8. The molecule has 6 nitrogen and oxygen atoms in total. The molecule has 0 radical (unpaired) electrons. The smallest absolute Gasteiger partial charge is 0.490 e. The number of benzene rings is 2.